The first-order valence-corrected chi connectivity index (χ1v) is 10.9. The van der Waals surface area contributed by atoms with E-state index >= 15 is 0 Å². The molecule has 146 valence electrons. The second-order valence-electron chi connectivity index (χ2n) is 9.90. The maximum absolute atomic E-state index is 11.0. The van der Waals surface area contributed by atoms with Crippen LogP contribution in [0.15, 0.2) is 24.3 Å². The van der Waals surface area contributed by atoms with E-state index in [0.717, 1.165) is 19.3 Å². The number of allylic oxidation sites excluding steroid dienone is 4. The molecule has 7 rings (SSSR count). The van der Waals surface area contributed by atoms with E-state index in [1.165, 1.54) is 12.8 Å². The van der Waals surface area contributed by atoms with Crippen molar-refractivity contribution in [2.24, 2.45) is 35.5 Å². The van der Waals surface area contributed by atoms with Gasteiger partial charge in [0.1, 0.15) is 18.3 Å². The van der Waals surface area contributed by atoms with Crippen LogP contribution >= 0.6 is 0 Å². The van der Waals surface area contributed by atoms with Gasteiger partial charge >= 0.3 is 0 Å². The molecule has 2 aliphatic heterocycles. The molecule has 5 heteroatoms. The number of hydrogen-bond acceptors (Lipinski definition) is 5. The van der Waals surface area contributed by atoms with Crippen LogP contribution in [0.25, 0.3) is 0 Å². The predicted octanol–water partition coefficient (Wildman–Crippen LogP) is 2.40. The van der Waals surface area contributed by atoms with Gasteiger partial charge in [-0.05, 0) is 49.4 Å². The Hall–Kier alpha value is -0.720. The third kappa shape index (κ3) is 2.29. The van der Waals surface area contributed by atoms with Gasteiger partial charge in [0.05, 0.1) is 12.2 Å². The van der Waals surface area contributed by atoms with Crippen molar-refractivity contribution in [3.8, 4) is 0 Å². The monoisotopic (exact) mass is 372 g/mol. The summed E-state index contributed by atoms with van der Waals surface area (Å²) in [6.07, 6.45) is 13.2. The van der Waals surface area contributed by atoms with E-state index in [0.29, 0.717) is 35.5 Å². The lowest BCUT2D eigenvalue weighted by atomic mass is 9.87. The Morgan fingerprint density at radius 1 is 0.593 bits per heavy atom. The summed E-state index contributed by atoms with van der Waals surface area (Å²) in [7, 11) is 0. The molecule has 0 radical (unpaired) electrons. The Labute approximate surface area is 159 Å². The molecule has 8 unspecified atom stereocenters. The van der Waals surface area contributed by atoms with Crippen molar-refractivity contribution >= 4 is 0 Å². The van der Waals surface area contributed by atoms with Crippen molar-refractivity contribution in [2.75, 3.05) is 0 Å². The summed E-state index contributed by atoms with van der Waals surface area (Å²) in [5.74, 6) is 3.44. The summed E-state index contributed by atoms with van der Waals surface area (Å²) in [5.41, 5.74) is 0. The Kier molecular flexibility index (Phi) is 3.38. The van der Waals surface area contributed by atoms with Crippen molar-refractivity contribution in [3.63, 3.8) is 0 Å². The van der Waals surface area contributed by atoms with Gasteiger partial charge in [0.15, 0.2) is 12.6 Å². The van der Waals surface area contributed by atoms with Crippen molar-refractivity contribution in [3.05, 3.63) is 24.3 Å². The third-order valence-electron chi connectivity index (χ3n) is 8.43. The van der Waals surface area contributed by atoms with Gasteiger partial charge in [0.25, 0.3) is 0 Å². The molecule has 5 fully saturated rings. The minimum Gasteiger partial charge on any atom is -0.387 e. The normalized spacial score (nSPS) is 62.5. The smallest absolute Gasteiger partial charge is 0.162 e. The highest BCUT2D eigenvalue weighted by atomic mass is 16.8. The van der Waals surface area contributed by atoms with Gasteiger partial charge in [-0.1, -0.05) is 24.3 Å². The summed E-state index contributed by atoms with van der Waals surface area (Å²) in [5, 5.41) is 11.0. The van der Waals surface area contributed by atoms with Crippen LogP contribution in [0, 0.1) is 35.5 Å². The maximum Gasteiger partial charge on any atom is 0.162 e. The fraction of sp³-hybridized carbons (Fsp3) is 0.818. The van der Waals surface area contributed by atoms with Crippen LogP contribution in [0.1, 0.15) is 32.1 Å². The zero-order valence-electron chi connectivity index (χ0n) is 15.4. The average Bonchev–Trinajstić information content (AvgIpc) is 3.50. The molecule has 1 N–H and O–H groups in total. The van der Waals surface area contributed by atoms with E-state index in [-0.39, 0.29) is 37.0 Å². The molecule has 27 heavy (non-hydrogen) atoms. The van der Waals surface area contributed by atoms with Crippen molar-refractivity contribution in [1.82, 2.24) is 0 Å². The Morgan fingerprint density at radius 2 is 1.11 bits per heavy atom. The lowest BCUT2D eigenvalue weighted by Gasteiger charge is -2.34. The Balaban J connectivity index is 1.05. The quantitative estimate of drug-likeness (QED) is 0.755. The van der Waals surface area contributed by atoms with Gasteiger partial charge in [-0.25, -0.2) is 0 Å². The van der Waals surface area contributed by atoms with Crippen LogP contribution in [-0.2, 0) is 18.9 Å². The molecule has 0 aromatic carbocycles. The standard InChI is InChI=1S/C22H28O5/c23-18-19-16(24-21(26-19)14-7-10-1-3-12(14)5-10)9-17-20(18)27-22(25-17)15-8-11-2-4-13(15)6-11/h1-4,10-23H,5-9H2/t10?,11?,12?,13?,14?,15?,16-,17+,18-,19-,20-,21?,22?/m1/s1. The third-order valence-corrected chi connectivity index (χ3v) is 8.43. The summed E-state index contributed by atoms with van der Waals surface area (Å²) < 4.78 is 25.2. The molecule has 5 nitrogen and oxygen atoms in total. The van der Waals surface area contributed by atoms with Gasteiger partial charge in [-0.2, -0.15) is 0 Å². The van der Waals surface area contributed by atoms with Crippen LogP contribution in [0.2, 0.25) is 0 Å². The molecule has 7 aliphatic rings. The molecular formula is C22H28O5. The highest BCUT2D eigenvalue weighted by molar-refractivity contribution is 5.13. The lowest BCUT2D eigenvalue weighted by molar-refractivity contribution is -0.149. The fourth-order valence-corrected chi connectivity index (χ4v) is 7.12. The van der Waals surface area contributed by atoms with E-state index in [2.05, 4.69) is 24.3 Å². The zero-order valence-corrected chi connectivity index (χ0v) is 15.4. The first-order valence-electron chi connectivity index (χ1n) is 10.9. The molecule has 2 heterocycles. The van der Waals surface area contributed by atoms with Crippen LogP contribution in [0.5, 0.6) is 0 Å². The van der Waals surface area contributed by atoms with E-state index in [9.17, 15) is 5.11 Å². The SMILES string of the molecule is O[C@H]1[C@@H]2OC(C3CC4C=CC3C4)O[C@H]2C[C@H]2OC(C3CC4C=CC3C4)O[C@@H]12. The topological polar surface area (TPSA) is 57.2 Å². The molecule has 0 aromatic heterocycles. The second-order valence-corrected chi connectivity index (χ2v) is 9.90. The number of aliphatic hydroxyl groups excluding tert-OH is 1. The van der Waals surface area contributed by atoms with Gasteiger partial charge in [0.2, 0.25) is 0 Å². The van der Waals surface area contributed by atoms with E-state index in [4.69, 9.17) is 18.9 Å². The molecule has 3 saturated carbocycles. The lowest BCUT2D eigenvalue weighted by Crippen LogP contribution is -2.53. The van der Waals surface area contributed by atoms with Crippen molar-refractivity contribution in [2.45, 2.75) is 75.2 Å². The summed E-state index contributed by atoms with van der Waals surface area (Å²) in [6, 6.07) is 0. The molecule has 4 bridgehead atoms. The molecule has 0 amide bonds. The van der Waals surface area contributed by atoms with Crippen molar-refractivity contribution in [1.29, 1.82) is 0 Å². The first-order chi connectivity index (χ1) is 13.2. The molecular weight excluding hydrogens is 344 g/mol. The number of hydrogen-bond donors (Lipinski definition) is 1. The predicted molar refractivity (Wildman–Crippen MR) is 95.4 cm³/mol. The maximum atomic E-state index is 11.0. The van der Waals surface area contributed by atoms with E-state index < -0.39 is 6.10 Å². The number of fused-ring (bicyclic) bond motifs is 6. The number of rotatable bonds is 2. The Morgan fingerprint density at radius 3 is 1.52 bits per heavy atom. The first kappa shape index (κ1) is 16.1. The number of ether oxygens (including phenoxy) is 4. The average molecular weight is 372 g/mol. The number of aliphatic hydroxyl groups is 1. The van der Waals surface area contributed by atoms with Crippen LogP contribution in [0.4, 0.5) is 0 Å². The van der Waals surface area contributed by atoms with Crippen LogP contribution in [-0.4, -0.2) is 48.2 Å². The highest BCUT2D eigenvalue weighted by Gasteiger charge is 2.58. The fourth-order valence-electron chi connectivity index (χ4n) is 7.12. The summed E-state index contributed by atoms with van der Waals surface area (Å²) in [6.45, 7) is 0. The van der Waals surface area contributed by atoms with Crippen LogP contribution < -0.4 is 0 Å². The molecule has 13 atom stereocenters. The Bertz CT molecular complexity index is 634. The molecule has 2 saturated heterocycles. The molecule has 5 aliphatic carbocycles. The van der Waals surface area contributed by atoms with Gasteiger partial charge in [-0.15, -0.1) is 0 Å². The highest BCUT2D eigenvalue weighted by Crippen LogP contribution is 2.51. The van der Waals surface area contributed by atoms with Crippen molar-refractivity contribution < 1.29 is 24.1 Å². The summed E-state index contributed by atoms with van der Waals surface area (Å²) >= 11 is 0. The second kappa shape index (κ2) is 5.67. The summed E-state index contributed by atoms with van der Waals surface area (Å²) in [4.78, 5) is 0. The molecule has 0 aromatic rings. The minimum atomic E-state index is -0.660. The molecule has 0 spiro atoms. The zero-order chi connectivity index (χ0) is 17.7. The minimum absolute atomic E-state index is 0.0726. The van der Waals surface area contributed by atoms with E-state index in [1.807, 2.05) is 0 Å². The van der Waals surface area contributed by atoms with Crippen LogP contribution in [0.3, 0.4) is 0 Å². The van der Waals surface area contributed by atoms with E-state index in [1.54, 1.807) is 0 Å². The van der Waals surface area contributed by atoms with Gasteiger partial charge in [0, 0.05) is 18.3 Å². The van der Waals surface area contributed by atoms with Gasteiger partial charge < -0.3 is 24.1 Å². The largest absolute Gasteiger partial charge is 0.387 e. The van der Waals surface area contributed by atoms with Gasteiger partial charge in [-0.3, -0.25) is 0 Å².